The van der Waals surface area contributed by atoms with E-state index in [1.54, 1.807) is 0 Å². The summed E-state index contributed by atoms with van der Waals surface area (Å²) in [5, 5.41) is 9.84. The van der Waals surface area contributed by atoms with Gasteiger partial charge in [-0.25, -0.2) is 0 Å². The molecule has 2 aliphatic rings. The topological polar surface area (TPSA) is 74.8 Å². The zero-order valence-corrected chi connectivity index (χ0v) is 20.1. The zero-order chi connectivity index (χ0) is 20.0. The number of nitrogens with zero attached hydrogens (tertiary/aromatic N) is 1. The molecule has 1 amide bonds. The van der Waals surface area contributed by atoms with Crippen molar-refractivity contribution in [1.82, 2.24) is 16.0 Å². The van der Waals surface area contributed by atoms with Crippen LogP contribution in [0.25, 0.3) is 0 Å². The van der Waals surface area contributed by atoms with E-state index < -0.39 is 0 Å². The molecule has 1 spiro atoms. The minimum atomic E-state index is -0.0551. The Bertz CT molecular complexity index is 702. The molecule has 6 nitrogen and oxygen atoms in total. The number of ether oxygens (including phenoxy) is 1. The third-order valence-electron chi connectivity index (χ3n) is 5.43. The van der Waals surface area contributed by atoms with E-state index in [2.05, 4.69) is 46.1 Å². The van der Waals surface area contributed by atoms with E-state index >= 15 is 0 Å². The van der Waals surface area contributed by atoms with E-state index in [1.807, 2.05) is 19.9 Å². The number of fused-ring (bicyclic) bond motifs is 1. The summed E-state index contributed by atoms with van der Waals surface area (Å²) < 4.78 is 6.45. The summed E-state index contributed by atoms with van der Waals surface area (Å²) in [5.41, 5.74) is 1.13. The molecule has 1 heterocycles. The number of para-hydroxylation sites is 1. The van der Waals surface area contributed by atoms with Crippen molar-refractivity contribution < 1.29 is 9.53 Å². The molecule has 1 unspecified atom stereocenters. The summed E-state index contributed by atoms with van der Waals surface area (Å²) in [4.78, 5) is 16.5. The van der Waals surface area contributed by atoms with Crippen LogP contribution in [0.3, 0.4) is 0 Å². The molecule has 3 rings (SSSR count). The molecule has 162 valence electrons. The average Bonchev–Trinajstić information content (AvgIpc) is 3.08. The SMILES string of the molecule is CCNC(=NCCC(=O)NC(C)C)NC1CC2(CCCC2)Oc2ccccc21.I. The van der Waals surface area contributed by atoms with Crippen molar-refractivity contribution in [2.45, 2.75) is 77.0 Å². The Hall–Kier alpha value is -1.51. The van der Waals surface area contributed by atoms with Crippen molar-refractivity contribution in [3.63, 3.8) is 0 Å². The lowest BCUT2D eigenvalue weighted by Crippen LogP contribution is -2.46. The predicted molar refractivity (Wildman–Crippen MR) is 128 cm³/mol. The van der Waals surface area contributed by atoms with E-state index in [0.717, 1.165) is 37.5 Å². The molecule has 1 saturated carbocycles. The number of carbonyl (C=O) groups excluding carboxylic acids is 1. The zero-order valence-electron chi connectivity index (χ0n) is 17.8. The smallest absolute Gasteiger partial charge is 0.222 e. The maximum absolute atomic E-state index is 11.9. The van der Waals surface area contributed by atoms with Crippen LogP contribution in [-0.4, -0.2) is 36.6 Å². The van der Waals surface area contributed by atoms with Gasteiger partial charge in [-0.05, 0) is 52.5 Å². The van der Waals surface area contributed by atoms with Crippen LogP contribution in [0.5, 0.6) is 5.75 Å². The number of rotatable bonds is 6. The molecule has 1 fully saturated rings. The number of benzene rings is 1. The number of amides is 1. The van der Waals surface area contributed by atoms with Crippen molar-refractivity contribution >= 4 is 35.8 Å². The lowest BCUT2D eigenvalue weighted by Gasteiger charge is -2.40. The highest BCUT2D eigenvalue weighted by molar-refractivity contribution is 14.0. The van der Waals surface area contributed by atoms with Gasteiger partial charge in [-0.15, -0.1) is 24.0 Å². The van der Waals surface area contributed by atoms with Crippen molar-refractivity contribution in [2.24, 2.45) is 4.99 Å². The third kappa shape index (κ3) is 6.49. The molecule has 3 N–H and O–H groups in total. The number of guanidine groups is 1. The Morgan fingerprint density at radius 2 is 2.00 bits per heavy atom. The molecule has 0 bridgehead atoms. The maximum Gasteiger partial charge on any atom is 0.222 e. The molecule has 1 atom stereocenters. The maximum atomic E-state index is 11.9. The fourth-order valence-corrected chi connectivity index (χ4v) is 4.22. The first-order chi connectivity index (χ1) is 13.5. The fraction of sp³-hybridized carbons (Fsp3) is 0.636. The summed E-state index contributed by atoms with van der Waals surface area (Å²) in [7, 11) is 0. The van der Waals surface area contributed by atoms with E-state index in [-0.39, 0.29) is 47.6 Å². The van der Waals surface area contributed by atoms with Crippen LogP contribution in [0.15, 0.2) is 29.3 Å². The van der Waals surface area contributed by atoms with Gasteiger partial charge in [-0.1, -0.05) is 18.2 Å². The molecule has 1 aromatic rings. The molecule has 1 aliphatic carbocycles. The van der Waals surface area contributed by atoms with Crippen LogP contribution in [0.2, 0.25) is 0 Å². The van der Waals surface area contributed by atoms with Gasteiger partial charge in [-0.2, -0.15) is 0 Å². The highest BCUT2D eigenvalue weighted by atomic mass is 127. The number of hydrogen-bond acceptors (Lipinski definition) is 3. The summed E-state index contributed by atoms with van der Waals surface area (Å²) in [6.07, 6.45) is 6.03. The first-order valence-corrected chi connectivity index (χ1v) is 10.6. The third-order valence-corrected chi connectivity index (χ3v) is 5.43. The van der Waals surface area contributed by atoms with Crippen LogP contribution in [-0.2, 0) is 4.79 Å². The van der Waals surface area contributed by atoms with E-state index in [0.29, 0.717) is 13.0 Å². The van der Waals surface area contributed by atoms with Gasteiger partial charge in [0, 0.05) is 31.0 Å². The average molecular weight is 514 g/mol. The lowest BCUT2D eigenvalue weighted by atomic mass is 9.86. The Kier molecular flexibility index (Phi) is 9.04. The van der Waals surface area contributed by atoms with Gasteiger partial charge in [-0.3, -0.25) is 9.79 Å². The Balaban J connectivity index is 0.00000300. The Labute approximate surface area is 191 Å². The number of halogens is 1. The van der Waals surface area contributed by atoms with Crippen molar-refractivity contribution in [3.05, 3.63) is 29.8 Å². The first kappa shape index (κ1) is 23.8. The number of carbonyl (C=O) groups is 1. The highest BCUT2D eigenvalue weighted by Crippen LogP contribution is 2.46. The number of aliphatic imine (C=N–C) groups is 1. The first-order valence-electron chi connectivity index (χ1n) is 10.6. The summed E-state index contributed by atoms with van der Waals surface area (Å²) in [6.45, 7) is 7.23. The summed E-state index contributed by atoms with van der Waals surface area (Å²) >= 11 is 0. The van der Waals surface area contributed by atoms with Crippen molar-refractivity contribution in [1.29, 1.82) is 0 Å². The molecule has 1 aromatic carbocycles. The molecule has 1 aliphatic heterocycles. The van der Waals surface area contributed by atoms with Gasteiger partial charge in [0.2, 0.25) is 5.91 Å². The quantitative estimate of drug-likeness (QED) is 0.306. The lowest BCUT2D eigenvalue weighted by molar-refractivity contribution is -0.121. The van der Waals surface area contributed by atoms with E-state index in [1.165, 1.54) is 18.4 Å². The fourth-order valence-electron chi connectivity index (χ4n) is 4.22. The highest BCUT2D eigenvalue weighted by Gasteiger charge is 2.43. The molecule has 29 heavy (non-hydrogen) atoms. The van der Waals surface area contributed by atoms with Gasteiger partial charge in [0.05, 0.1) is 12.6 Å². The molecule has 0 radical (unpaired) electrons. The van der Waals surface area contributed by atoms with Crippen LogP contribution >= 0.6 is 24.0 Å². The molecular weight excluding hydrogens is 479 g/mol. The van der Waals surface area contributed by atoms with Crippen molar-refractivity contribution in [3.8, 4) is 5.75 Å². The van der Waals surface area contributed by atoms with E-state index in [4.69, 9.17) is 4.74 Å². The molecule has 0 saturated heterocycles. The largest absolute Gasteiger partial charge is 0.487 e. The van der Waals surface area contributed by atoms with Gasteiger partial charge in [0.15, 0.2) is 5.96 Å². The Morgan fingerprint density at radius 3 is 2.69 bits per heavy atom. The van der Waals surface area contributed by atoms with Gasteiger partial charge >= 0.3 is 0 Å². The monoisotopic (exact) mass is 514 g/mol. The molecule has 0 aromatic heterocycles. The summed E-state index contributed by atoms with van der Waals surface area (Å²) in [6, 6.07) is 8.62. The van der Waals surface area contributed by atoms with Crippen LogP contribution in [0.4, 0.5) is 0 Å². The standard InChI is InChI=1S/C22H34N4O2.HI/c1-4-23-21(24-14-11-20(27)25-16(2)3)26-18-15-22(12-7-8-13-22)28-19-10-6-5-9-17(18)19;/h5-6,9-10,16,18H,4,7-8,11-15H2,1-3H3,(H,25,27)(H2,23,24,26);1H. The second kappa shape index (κ2) is 11.0. The van der Waals surface area contributed by atoms with Gasteiger partial charge in [0.1, 0.15) is 11.4 Å². The van der Waals surface area contributed by atoms with E-state index in [9.17, 15) is 4.79 Å². The predicted octanol–water partition coefficient (Wildman–Crippen LogP) is 3.91. The second-order valence-corrected chi connectivity index (χ2v) is 8.16. The van der Waals surface area contributed by atoms with Gasteiger partial charge in [0.25, 0.3) is 0 Å². The van der Waals surface area contributed by atoms with Crippen LogP contribution in [0, 0.1) is 0 Å². The van der Waals surface area contributed by atoms with Gasteiger partial charge < -0.3 is 20.7 Å². The van der Waals surface area contributed by atoms with Crippen molar-refractivity contribution in [2.75, 3.05) is 13.1 Å². The van der Waals surface area contributed by atoms with Crippen LogP contribution in [0.1, 0.15) is 70.9 Å². The summed E-state index contributed by atoms with van der Waals surface area (Å²) in [5.74, 6) is 1.78. The second-order valence-electron chi connectivity index (χ2n) is 8.16. The number of hydrogen-bond donors (Lipinski definition) is 3. The number of nitrogens with one attached hydrogen (secondary N) is 3. The molecular formula is C22H35IN4O2. The van der Waals surface area contributed by atoms with Crippen LogP contribution < -0.4 is 20.7 Å². The normalized spacial score (nSPS) is 19.9. The Morgan fingerprint density at radius 1 is 1.28 bits per heavy atom. The minimum absolute atomic E-state index is 0. The minimum Gasteiger partial charge on any atom is -0.487 e. The molecule has 7 heteroatoms.